The van der Waals surface area contributed by atoms with E-state index in [4.69, 9.17) is 4.74 Å². The smallest absolute Gasteiger partial charge is 0.253 e. The number of sulfonamides is 1. The molecular formula is C16H24N2O4S. The van der Waals surface area contributed by atoms with Crippen molar-refractivity contribution in [3.63, 3.8) is 0 Å². The van der Waals surface area contributed by atoms with Crippen LogP contribution >= 0.6 is 0 Å². The molecule has 1 fully saturated rings. The fraction of sp³-hybridized carbons (Fsp3) is 0.562. The summed E-state index contributed by atoms with van der Waals surface area (Å²) in [5.41, 5.74) is 0.596. The van der Waals surface area contributed by atoms with E-state index in [0.717, 1.165) is 0 Å². The monoisotopic (exact) mass is 340 g/mol. The molecular weight excluding hydrogens is 316 g/mol. The van der Waals surface area contributed by atoms with Crippen molar-refractivity contribution in [2.45, 2.75) is 18.1 Å². The first-order valence-corrected chi connectivity index (χ1v) is 9.25. The number of methoxy groups -OCH3 is 1. The Hall–Kier alpha value is -1.44. The molecule has 1 amide bonds. The third-order valence-corrected chi connectivity index (χ3v) is 6.43. The highest BCUT2D eigenvalue weighted by molar-refractivity contribution is 7.89. The van der Waals surface area contributed by atoms with Gasteiger partial charge in [0.15, 0.2) is 0 Å². The molecule has 1 aromatic carbocycles. The number of hydrogen-bond acceptors (Lipinski definition) is 4. The summed E-state index contributed by atoms with van der Waals surface area (Å²) >= 11 is 0. The largest absolute Gasteiger partial charge is 0.383 e. The molecule has 0 spiro atoms. The topological polar surface area (TPSA) is 66.9 Å². The summed E-state index contributed by atoms with van der Waals surface area (Å²) in [4.78, 5) is 14.2. The van der Waals surface area contributed by atoms with E-state index in [2.05, 4.69) is 0 Å². The molecule has 2 rings (SSSR count). The van der Waals surface area contributed by atoms with Crippen LogP contribution in [0.25, 0.3) is 0 Å². The number of benzene rings is 1. The normalized spacial score (nSPS) is 19.1. The van der Waals surface area contributed by atoms with Crippen molar-refractivity contribution in [3.05, 3.63) is 35.9 Å². The Labute approximate surface area is 138 Å². The Kier molecular flexibility index (Phi) is 6.15. The van der Waals surface area contributed by atoms with Gasteiger partial charge in [0.2, 0.25) is 10.0 Å². The van der Waals surface area contributed by atoms with Crippen LogP contribution in [-0.4, -0.2) is 69.2 Å². The van der Waals surface area contributed by atoms with E-state index in [1.54, 1.807) is 31.2 Å². The number of amides is 1. The first kappa shape index (κ1) is 17.9. The van der Waals surface area contributed by atoms with Gasteiger partial charge in [-0.25, -0.2) is 12.7 Å². The lowest BCUT2D eigenvalue weighted by Gasteiger charge is -2.34. The highest BCUT2D eigenvalue weighted by atomic mass is 32.2. The van der Waals surface area contributed by atoms with Crippen LogP contribution < -0.4 is 0 Å². The fourth-order valence-electron chi connectivity index (χ4n) is 2.73. The third kappa shape index (κ3) is 4.31. The quantitative estimate of drug-likeness (QED) is 0.780. The maximum Gasteiger partial charge on any atom is 0.253 e. The van der Waals surface area contributed by atoms with Gasteiger partial charge in [-0.1, -0.05) is 18.2 Å². The molecule has 128 valence electrons. The van der Waals surface area contributed by atoms with E-state index in [-0.39, 0.29) is 12.5 Å². The van der Waals surface area contributed by atoms with Gasteiger partial charge in [0.1, 0.15) is 0 Å². The van der Waals surface area contributed by atoms with E-state index in [0.29, 0.717) is 38.1 Å². The number of rotatable bonds is 6. The van der Waals surface area contributed by atoms with Crippen LogP contribution in [0.4, 0.5) is 0 Å². The van der Waals surface area contributed by atoms with Crippen LogP contribution in [0, 0.1) is 0 Å². The van der Waals surface area contributed by atoms with Gasteiger partial charge in [0, 0.05) is 39.4 Å². The van der Waals surface area contributed by atoms with E-state index in [1.807, 2.05) is 18.2 Å². The molecule has 0 aliphatic carbocycles. The predicted molar refractivity (Wildman–Crippen MR) is 88.8 cm³/mol. The summed E-state index contributed by atoms with van der Waals surface area (Å²) < 4.78 is 31.5. The molecule has 23 heavy (non-hydrogen) atoms. The van der Waals surface area contributed by atoms with E-state index >= 15 is 0 Å². The fourth-order valence-corrected chi connectivity index (χ4v) is 4.40. The summed E-state index contributed by atoms with van der Waals surface area (Å²) in [5, 5.41) is -0.550. The van der Waals surface area contributed by atoms with Gasteiger partial charge in [0.05, 0.1) is 11.9 Å². The van der Waals surface area contributed by atoms with Gasteiger partial charge < -0.3 is 9.64 Å². The van der Waals surface area contributed by atoms with Gasteiger partial charge >= 0.3 is 0 Å². The van der Waals surface area contributed by atoms with Crippen LogP contribution in [0.5, 0.6) is 0 Å². The van der Waals surface area contributed by atoms with Crippen LogP contribution in [0.1, 0.15) is 23.2 Å². The second kappa shape index (κ2) is 7.90. The molecule has 0 aromatic heterocycles. The minimum atomic E-state index is -3.42. The SMILES string of the molecule is COCCN(C)S(=O)(=O)[C@H]1CCCN(C(=O)c2ccccc2)C1. The molecule has 6 nitrogen and oxygen atoms in total. The Morgan fingerprint density at radius 1 is 1.35 bits per heavy atom. The molecule has 1 aliphatic rings. The molecule has 0 unspecified atom stereocenters. The predicted octanol–water partition coefficient (Wildman–Crippen LogP) is 1.20. The Morgan fingerprint density at radius 2 is 2.04 bits per heavy atom. The Bertz CT molecular complexity index is 618. The maximum absolute atomic E-state index is 12.6. The average Bonchev–Trinajstić information content (AvgIpc) is 2.59. The summed E-state index contributed by atoms with van der Waals surface area (Å²) in [7, 11) is -0.319. The van der Waals surface area contributed by atoms with Crippen molar-refractivity contribution in [3.8, 4) is 0 Å². The number of carbonyl (C=O) groups excluding carboxylic acids is 1. The van der Waals surface area contributed by atoms with Gasteiger partial charge in [-0.15, -0.1) is 0 Å². The zero-order valence-electron chi connectivity index (χ0n) is 13.6. The van der Waals surface area contributed by atoms with Crippen LogP contribution in [-0.2, 0) is 14.8 Å². The van der Waals surface area contributed by atoms with Gasteiger partial charge in [0.25, 0.3) is 5.91 Å². The lowest BCUT2D eigenvalue weighted by atomic mass is 10.1. The molecule has 0 bridgehead atoms. The second-order valence-corrected chi connectivity index (χ2v) is 8.06. The van der Waals surface area contributed by atoms with Crippen molar-refractivity contribution >= 4 is 15.9 Å². The van der Waals surface area contributed by atoms with Crippen molar-refractivity contribution in [2.24, 2.45) is 0 Å². The molecule has 1 aromatic rings. The number of piperidine rings is 1. The zero-order chi connectivity index (χ0) is 16.9. The van der Waals surface area contributed by atoms with E-state index < -0.39 is 15.3 Å². The maximum atomic E-state index is 12.6. The zero-order valence-corrected chi connectivity index (χ0v) is 14.5. The number of nitrogens with zero attached hydrogens (tertiary/aromatic N) is 2. The number of carbonyl (C=O) groups is 1. The van der Waals surface area contributed by atoms with E-state index in [1.165, 1.54) is 4.31 Å². The van der Waals surface area contributed by atoms with Gasteiger partial charge in [-0.3, -0.25) is 4.79 Å². The standard InChI is InChI=1S/C16H24N2O4S/c1-17(11-12-22-2)23(20,21)15-9-6-10-18(13-15)16(19)14-7-4-3-5-8-14/h3-5,7-8,15H,6,9-13H2,1-2H3/t15-/m0/s1. The first-order valence-electron chi connectivity index (χ1n) is 7.75. The lowest BCUT2D eigenvalue weighted by Crippen LogP contribution is -2.49. The number of likely N-dealkylation sites (N-methyl/N-ethyl adjacent to an activating group) is 1. The second-order valence-electron chi connectivity index (χ2n) is 5.74. The minimum Gasteiger partial charge on any atom is -0.383 e. The molecule has 0 saturated carbocycles. The minimum absolute atomic E-state index is 0.106. The average molecular weight is 340 g/mol. The number of ether oxygens (including phenoxy) is 1. The highest BCUT2D eigenvalue weighted by Gasteiger charge is 2.35. The Balaban J connectivity index is 2.07. The van der Waals surface area contributed by atoms with Crippen molar-refractivity contribution < 1.29 is 17.9 Å². The summed E-state index contributed by atoms with van der Waals surface area (Å²) in [5.74, 6) is -0.106. The molecule has 0 radical (unpaired) electrons. The van der Waals surface area contributed by atoms with Crippen LogP contribution in [0.3, 0.4) is 0 Å². The van der Waals surface area contributed by atoms with Gasteiger partial charge in [-0.05, 0) is 25.0 Å². The summed E-state index contributed by atoms with van der Waals surface area (Å²) in [6.45, 7) is 1.52. The third-order valence-electron chi connectivity index (χ3n) is 4.15. The Morgan fingerprint density at radius 3 is 2.70 bits per heavy atom. The highest BCUT2D eigenvalue weighted by Crippen LogP contribution is 2.21. The van der Waals surface area contributed by atoms with Crippen LogP contribution in [0.15, 0.2) is 30.3 Å². The van der Waals surface area contributed by atoms with Crippen LogP contribution in [0.2, 0.25) is 0 Å². The number of likely N-dealkylation sites (tertiary alicyclic amines) is 1. The molecule has 7 heteroatoms. The van der Waals surface area contributed by atoms with Crippen molar-refractivity contribution in [1.82, 2.24) is 9.21 Å². The first-order chi connectivity index (χ1) is 11.0. The molecule has 1 atom stereocenters. The van der Waals surface area contributed by atoms with Gasteiger partial charge in [-0.2, -0.15) is 0 Å². The number of hydrogen-bond donors (Lipinski definition) is 0. The lowest BCUT2D eigenvalue weighted by molar-refractivity contribution is 0.0725. The van der Waals surface area contributed by atoms with E-state index in [9.17, 15) is 13.2 Å². The summed E-state index contributed by atoms with van der Waals surface area (Å²) in [6.07, 6.45) is 1.28. The summed E-state index contributed by atoms with van der Waals surface area (Å²) in [6, 6.07) is 8.98. The molecule has 0 N–H and O–H groups in total. The van der Waals surface area contributed by atoms with Crippen molar-refractivity contribution in [1.29, 1.82) is 0 Å². The van der Waals surface area contributed by atoms with Crippen molar-refractivity contribution in [2.75, 3.05) is 40.4 Å². The molecule has 1 heterocycles. The molecule has 1 saturated heterocycles. The molecule has 1 aliphatic heterocycles.